The van der Waals surface area contributed by atoms with Crippen LogP contribution >= 0.6 is 0 Å². The standard InChI is InChI=1S/C21H27F3N6O3/c1-13(2)25-9-10-26-19(31)18-28-17(12-30(18)11-14-3-4-14)29-20(32)27-15-5-7-16(8-6-15)33-21(22,23)24/h5-8,12-14,25H,3-4,9-11H2,1-2H3,(H,26,31)(H2,27,29,32). The summed E-state index contributed by atoms with van der Waals surface area (Å²) in [5, 5.41) is 11.1. The Morgan fingerprint density at radius 3 is 2.45 bits per heavy atom. The van der Waals surface area contributed by atoms with Crippen LogP contribution in [0.5, 0.6) is 5.75 Å². The molecule has 0 saturated heterocycles. The molecule has 180 valence electrons. The molecule has 3 rings (SSSR count). The van der Waals surface area contributed by atoms with E-state index in [0.717, 1.165) is 25.0 Å². The topological polar surface area (TPSA) is 109 Å². The van der Waals surface area contributed by atoms with Gasteiger partial charge in [-0.15, -0.1) is 13.2 Å². The number of imidazole rings is 1. The van der Waals surface area contributed by atoms with Crippen LogP contribution in [0.25, 0.3) is 0 Å². The molecule has 12 heteroatoms. The van der Waals surface area contributed by atoms with Crippen molar-refractivity contribution >= 4 is 23.4 Å². The monoisotopic (exact) mass is 468 g/mol. The second-order valence-corrected chi connectivity index (χ2v) is 8.06. The number of rotatable bonds is 10. The molecule has 1 aliphatic rings. The lowest BCUT2D eigenvalue weighted by atomic mass is 10.3. The largest absolute Gasteiger partial charge is 0.573 e. The first-order valence-electron chi connectivity index (χ1n) is 10.6. The molecule has 0 radical (unpaired) electrons. The Morgan fingerprint density at radius 2 is 1.85 bits per heavy atom. The summed E-state index contributed by atoms with van der Waals surface area (Å²) in [6.45, 7) is 5.71. The zero-order chi connectivity index (χ0) is 24.0. The minimum absolute atomic E-state index is 0.190. The van der Waals surface area contributed by atoms with Crippen molar-refractivity contribution in [3.63, 3.8) is 0 Å². The summed E-state index contributed by atoms with van der Waals surface area (Å²) >= 11 is 0. The van der Waals surface area contributed by atoms with Crippen LogP contribution in [0.3, 0.4) is 0 Å². The first-order valence-corrected chi connectivity index (χ1v) is 10.6. The third kappa shape index (κ3) is 8.29. The number of hydrogen-bond acceptors (Lipinski definition) is 5. The molecular formula is C21H27F3N6O3. The molecule has 9 nitrogen and oxygen atoms in total. The van der Waals surface area contributed by atoms with Gasteiger partial charge in [-0.25, -0.2) is 9.78 Å². The summed E-state index contributed by atoms with van der Waals surface area (Å²) in [6.07, 6.45) is -1.04. The van der Waals surface area contributed by atoms with Crippen molar-refractivity contribution in [2.75, 3.05) is 23.7 Å². The summed E-state index contributed by atoms with van der Waals surface area (Å²) in [6, 6.07) is 4.38. The van der Waals surface area contributed by atoms with E-state index in [4.69, 9.17) is 0 Å². The van der Waals surface area contributed by atoms with Crippen molar-refractivity contribution in [1.82, 2.24) is 20.2 Å². The minimum atomic E-state index is -4.79. The lowest BCUT2D eigenvalue weighted by Crippen LogP contribution is -2.35. The number of urea groups is 1. The highest BCUT2D eigenvalue weighted by Crippen LogP contribution is 2.31. The number of nitrogens with one attached hydrogen (secondary N) is 4. The van der Waals surface area contributed by atoms with Crippen LogP contribution in [0.2, 0.25) is 0 Å². The van der Waals surface area contributed by atoms with Crippen molar-refractivity contribution in [3.8, 4) is 5.75 Å². The second-order valence-electron chi connectivity index (χ2n) is 8.06. The highest BCUT2D eigenvalue weighted by Gasteiger charge is 2.31. The fourth-order valence-electron chi connectivity index (χ4n) is 3.01. The Hall–Kier alpha value is -3.28. The number of carbonyl (C=O) groups is 2. The van der Waals surface area contributed by atoms with E-state index in [1.54, 1.807) is 10.8 Å². The van der Waals surface area contributed by atoms with Crippen molar-refractivity contribution in [1.29, 1.82) is 0 Å². The predicted octanol–water partition coefficient (Wildman–Crippen LogP) is 3.56. The van der Waals surface area contributed by atoms with Gasteiger partial charge in [0.05, 0.1) is 0 Å². The smallest absolute Gasteiger partial charge is 0.406 e. The molecule has 1 heterocycles. The summed E-state index contributed by atoms with van der Waals surface area (Å²) < 4.78 is 42.3. The normalized spacial score (nSPS) is 13.6. The van der Waals surface area contributed by atoms with E-state index in [9.17, 15) is 22.8 Å². The summed E-state index contributed by atoms with van der Waals surface area (Å²) in [5.41, 5.74) is 0.259. The molecule has 4 N–H and O–H groups in total. The molecule has 1 fully saturated rings. The van der Waals surface area contributed by atoms with Gasteiger partial charge in [-0.05, 0) is 43.0 Å². The van der Waals surface area contributed by atoms with Gasteiger partial charge in [-0.3, -0.25) is 10.1 Å². The first kappa shape index (κ1) is 24.4. The Bertz CT molecular complexity index is 955. The Labute approximate surface area is 189 Å². The quantitative estimate of drug-likeness (QED) is 0.399. The average molecular weight is 468 g/mol. The van der Waals surface area contributed by atoms with Gasteiger partial charge in [0, 0.05) is 37.6 Å². The van der Waals surface area contributed by atoms with Gasteiger partial charge in [0.2, 0.25) is 5.82 Å². The molecule has 0 aliphatic heterocycles. The molecule has 1 aromatic carbocycles. The highest BCUT2D eigenvalue weighted by molar-refractivity contribution is 5.99. The summed E-state index contributed by atoms with van der Waals surface area (Å²) in [7, 11) is 0. The molecule has 1 aliphatic carbocycles. The predicted molar refractivity (Wildman–Crippen MR) is 116 cm³/mol. The van der Waals surface area contributed by atoms with Gasteiger partial charge in [-0.1, -0.05) is 13.8 Å². The molecule has 1 aromatic heterocycles. The zero-order valence-corrected chi connectivity index (χ0v) is 18.3. The van der Waals surface area contributed by atoms with E-state index in [-0.39, 0.29) is 23.2 Å². The zero-order valence-electron chi connectivity index (χ0n) is 18.3. The van der Waals surface area contributed by atoms with Gasteiger partial charge in [-0.2, -0.15) is 0 Å². The molecule has 3 amide bonds. The van der Waals surface area contributed by atoms with Crippen molar-refractivity contribution in [2.45, 2.75) is 45.6 Å². The SMILES string of the molecule is CC(C)NCCNC(=O)c1nc(NC(=O)Nc2ccc(OC(F)(F)F)cc2)cn1CC1CC1. The average Bonchev–Trinajstić information content (AvgIpc) is 3.44. The Balaban J connectivity index is 1.59. The number of amides is 3. The highest BCUT2D eigenvalue weighted by atomic mass is 19.4. The van der Waals surface area contributed by atoms with E-state index in [2.05, 4.69) is 31.0 Å². The van der Waals surface area contributed by atoms with Crippen molar-refractivity contribution < 1.29 is 27.5 Å². The van der Waals surface area contributed by atoms with E-state index < -0.39 is 18.1 Å². The van der Waals surface area contributed by atoms with Crippen LogP contribution in [0.4, 0.5) is 29.5 Å². The Kier molecular flexibility index (Phi) is 7.79. The van der Waals surface area contributed by atoms with Crippen molar-refractivity contribution in [3.05, 3.63) is 36.3 Å². The van der Waals surface area contributed by atoms with Crippen LogP contribution in [0.1, 0.15) is 37.3 Å². The maximum atomic E-state index is 12.6. The summed E-state index contributed by atoms with van der Waals surface area (Å²) in [4.78, 5) is 29.1. The molecule has 33 heavy (non-hydrogen) atoms. The molecule has 0 unspecified atom stereocenters. The second kappa shape index (κ2) is 10.6. The number of ether oxygens (including phenoxy) is 1. The lowest BCUT2D eigenvalue weighted by Gasteiger charge is -2.10. The van der Waals surface area contributed by atoms with Crippen molar-refractivity contribution in [2.24, 2.45) is 5.92 Å². The minimum Gasteiger partial charge on any atom is -0.406 e. The maximum Gasteiger partial charge on any atom is 0.573 e. The van der Waals surface area contributed by atoms with E-state index >= 15 is 0 Å². The number of carbonyl (C=O) groups excluding carboxylic acids is 2. The Morgan fingerprint density at radius 1 is 1.15 bits per heavy atom. The third-order valence-corrected chi connectivity index (χ3v) is 4.68. The molecule has 0 atom stereocenters. The number of nitrogens with zero attached hydrogens (tertiary/aromatic N) is 2. The molecule has 2 aromatic rings. The van der Waals surface area contributed by atoms with Gasteiger partial charge in [0.15, 0.2) is 5.82 Å². The number of benzene rings is 1. The van der Waals surface area contributed by atoms with Gasteiger partial charge in [0.1, 0.15) is 5.75 Å². The number of halogens is 3. The number of hydrogen-bond donors (Lipinski definition) is 4. The molecule has 0 bridgehead atoms. The molecule has 1 saturated carbocycles. The van der Waals surface area contributed by atoms with Crippen LogP contribution < -0.4 is 26.0 Å². The van der Waals surface area contributed by atoms with E-state index in [1.807, 2.05) is 13.8 Å². The fraction of sp³-hybridized carbons (Fsp3) is 0.476. The van der Waals surface area contributed by atoms with Crippen LogP contribution in [-0.2, 0) is 6.54 Å². The number of alkyl halides is 3. The molecule has 0 spiro atoms. The van der Waals surface area contributed by atoms with Crippen LogP contribution in [-0.4, -0.2) is 47.0 Å². The lowest BCUT2D eigenvalue weighted by molar-refractivity contribution is -0.274. The first-order chi connectivity index (χ1) is 15.6. The van der Waals surface area contributed by atoms with E-state index in [0.29, 0.717) is 31.6 Å². The van der Waals surface area contributed by atoms with Crippen LogP contribution in [0.15, 0.2) is 30.5 Å². The fourth-order valence-corrected chi connectivity index (χ4v) is 3.01. The third-order valence-electron chi connectivity index (χ3n) is 4.68. The van der Waals surface area contributed by atoms with Gasteiger partial charge < -0.3 is 25.3 Å². The maximum absolute atomic E-state index is 12.6. The van der Waals surface area contributed by atoms with Gasteiger partial charge >= 0.3 is 12.4 Å². The van der Waals surface area contributed by atoms with Gasteiger partial charge in [0.25, 0.3) is 5.91 Å². The van der Waals surface area contributed by atoms with Crippen LogP contribution in [0, 0.1) is 5.92 Å². The van der Waals surface area contributed by atoms with E-state index in [1.165, 1.54) is 12.1 Å². The molecular weight excluding hydrogens is 441 g/mol. The number of anilines is 2. The summed E-state index contributed by atoms with van der Waals surface area (Å²) in [5.74, 6) is 0.139. The number of aromatic nitrogens is 2.